The first kappa shape index (κ1) is 18.0. The average molecular weight is 345 g/mol. The van der Waals surface area contributed by atoms with Gasteiger partial charge in [-0.15, -0.1) is 12.4 Å². The van der Waals surface area contributed by atoms with E-state index in [1.165, 1.54) is 5.56 Å². The Hall–Kier alpha value is -2.33. The summed E-state index contributed by atoms with van der Waals surface area (Å²) in [6, 6.07) is 9.57. The molecule has 0 aliphatic heterocycles. The summed E-state index contributed by atoms with van der Waals surface area (Å²) in [4.78, 5) is 15.8. The number of hydrogen-bond donors (Lipinski definition) is 1. The van der Waals surface area contributed by atoms with E-state index < -0.39 is 5.97 Å². The molecule has 3 aromatic rings. The molecule has 0 saturated carbocycles. The summed E-state index contributed by atoms with van der Waals surface area (Å²) in [6.07, 6.45) is 4.93. The minimum absolute atomic E-state index is 0. The van der Waals surface area contributed by atoms with E-state index in [-0.39, 0.29) is 12.4 Å². The van der Waals surface area contributed by atoms with Gasteiger partial charge in [-0.05, 0) is 48.6 Å². The van der Waals surface area contributed by atoms with Crippen molar-refractivity contribution in [3.63, 3.8) is 0 Å². The van der Waals surface area contributed by atoms with E-state index in [1.807, 2.05) is 37.5 Å². The smallest absolute Gasteiger partial charge is 0.335 e. The number of aromatic nitrogens is 2. The molecular formula is C19H21ClN2O2. The van der Waals surface area contributed by atoms with Gasteiger partial charge in [-0.3, -0.25) is 4.40 Å². The van der Waals surface area contributed by atoms with Gasteiger partial charge >= 0.3 is 5.97 Å². The van der Waals surface area contributed by atoms with Crippen LogP contribution in [-0.2, 0) is 0 Å². The molecule has 126 valence electrons. The molecule has 0 bridgehead atoms. The second-order valence-corrected chi connectivity index (χ2v) is 5.94. The fourth-order valence-electron chi connectivity index (χ4n) is 2.91. The first-order valence-corrected chi connectivity index (χ1v) is 7.83. The average Bonchev–Trinajstić information content (AvgIpc) is 2.97. The van der Waals surface area contributed by atoms with Crippen molar-refractivity contribution in [2.75, 3.05) is 0 Å². The van der Waals surface area contributed by atoms with Crippen molar-refractivity contribution >= 4 is 24.0 Å². The number of carboxylic acids is 1. The summed E-state index contributed by atoms with van der Waals surface area (Å²) in [6.45, 7) is 6.20. The molecule has 24 heavy (non-hydrogen) atoms. The molecule has 2 aromatic heterocycles. The Morgan fingerprint density at radius 2 is 2.08 bits per heavy atom. The van der Waals surface area contributed by atoms with Crippen LogP contribution in [0.2, 0.25) is 0 Å². The number of halogens is 1. The van der Waals surface area contributed by atoms with Gasteiger partial charge in [0.1, 0.15) is 5.65 Å². The third kappa shape index (κ3) is 3.02. The lowest BCUT2D eigenvalue weighted by atomic mass is 10.00. The highest BCUT2D eigenvalue weighted by atomic mass is 35.5. The number of carbonyl (C=O) groups is 1. The maximum atomic E-state index is 11.2. The third-order valence-corrected chi connectivity index (χ3v) is 4.46. The van der Waals surface area contributed by atoms with E-state index in [2.05, 4.69) is 29.3 Å². The summed E-state index contributed by atoms with van der Waals surface area (Å²) < 4.78 is 2.08. The topological polar surface area (TPSA) is 54.6 Å². The van der Waals surface area contributed by atoms with Crippen LogP contribution in [0.1, 0.15) is 47.7 Å². The van der Waals surface area contributed by atoms with Gasteiger partial charge in [0.2, 0.25) is 0 Å². The third-order valence-electron chi connectivity index (χ3n) is 4.46. The van der Waals surface area contributed by atoms with Crippen LogP contribution in [0.4, 0.5) is 0 Å². The molecule has 0 amide bonds. The van der Waals surface area contributed by atoms with Gasteiger partial charge < -0.3 is 5.11 Å². The molecule has 4 nitrogen and oxygen atoms in total. The molecule has 0 radical (unpaired) electrons. The number of rotatable bonds is 4. The largest absolute Gasteiger partial charge is 0.478 e. The number of pyridine rings is 1. The Morgan fingerprint density at radius 3 is 2.71 bits per heavy atom. The van der Waals surface area contributed by atoms with E-state index >= 15 is 0 Å². The summed E-state index contributed by atoms with van der Waals surface area (Å²) in [5.41, 5.74) is 5.24. The Morgan fingerprint density at radius 1 is 1.33 bits per heavy atom. The molecule has 3 rings (SSSR count). The van der Waals surface area contributed by atoms with Crippen LogP contribution < -0.4 is 0 Å². The summed E-state index contributed by atoms with van der Waals surface area (Å²) in [7, 11) is 0. The van der Waals surface area contributed by atoms with Crippen molar-refractivity contribution in [2.45, 2.75) is 33.1 Å². The van der Waals surface area contributed by atoms with Crippen LogP contribution in [-0.4, -0.2) is 20.5 Å². The maximum absolute atomic E-state index is 11.2. The lowest BCUT2D eigenvalue weighted by Gasteiger charge is -2.11. The molecular weight excluding hydrogens is 324 g/mol. The van der Waals surface area contributed by atoms with Crippen LogP contribution in [0.5, 0.6) is 0 Å². The first-order valence-electron chi connectivity index (χ1n) is 7.83. The van der Waals surface area contributed by atoms with E-state index in [1.54, 1.807) is 6.07 Å². The molecule has 5 heteroatoms. The zero-order valence-electron chi connectivity index (χ0n) is 14.0. The van der Waals surface area contributed by atoms with Gasteiger partial charge in [0.05, 0.1) is 17.5 Å². The predicted octanol–water partition coefficient (Wildman–Crippen LogP) is 4.94. The van der Waals surface area contributed by atoms with Crippen LogP contribution >= 0.6 is 12.4 Å². The molecule has 1 N–H and O–H groups in total. The fraction of sp³-hybridized carbons (Fsp3) is 0.263. The second-order valence-electron chi connectivity index (χ2n) is 5.94. The number of carboxylic acid groups (broad SMARTS) is 1. The maximum Gasteiger partial charge on any atom is 0.335 e. The quantitative estimate of drug-likeness (QED) is 0.729. The van der Waals surface area contributed by atoms with Crippen molar-refractivity contribution in [3.8, 4) is 11.3 Å². The van der Waals surface area contributed by atoms with Crippen LogP contribution in [0.15, 0.2) is 42.7 Å². The minimum atomic E-state index is -0.897. The molecule has 0 aliphatic carbocycles. The Bertz CT molecular complexity index is 886. The van der Waals surface area contributed by atoms with E-state index in [0.717, 1.165) is 28.9 Å². The summed E-state index contributed by atoms with van der Waals surface area (Å²) in [5.74, 6) is -0.448. The molecule has 1 atom stereocenters. The number of aromatic carboxylic acids is 1. The van der Waals surface area contributed by atoms with E-state index in [9.17, 15) is 4.79 Å². The lowest BCUT2D eigenvalue weighted by molar-refractivity contribution is 0.0696. The second kappa shape index (κ2) is 7.05. The van der Waals surface area contributed by atoms with Crippen molar-refractivity contribution in [1.82, 2.24) is 9.38 Å². The Labute approximate surface area is 147 Å². The SMILES string of the molecule is CCC(C)c1cccn2c(-c3ccc(C(=O)O)c(C)c3)cnc12.Cl. The number of imidazole rings is 1. The number of fused-ring (bicyclic) bond motifs is 1. The van der Waals surface area contributed by atoms with E-state index in [4.69, 9.17) is 5.11 Å². The highest BCUT2D eigenvalue weighted by Gasteiger charge is 2.14. The summed E-state index contributed by atoms with van der Waals surface area (Å²) >= 11 is 0. The monoisotopic (exact) mass is 344 g/mol. The van der Waals surface area contributed by atoms with Gasteiger partial charge in [0.25, 0.3) is 0 Å². The van der Waals surface area contributed by atoms with Crippen molar-refractivity contribution in [1.29, 1.82) is 0 Å². The highest BCUT2D eigenvalue weighted by molar-refractivity contribution is 5.90. The highest BCUT2D eigenvalue weighted by Crippen LogP contribution is 2.28. The number of benzene rings is 1. The molecule has 1 unspecified atom stereocenters. The molecule has 1 aromatic carbocycles. The summed E-state index contributed by atoms with van der Waals surface area (Å²) in [5, 5.41) is 9.17. The van der Waals surface area contributed by atoms with Crippen molar-refractivity contribution < 1.29 is 9.90 Å². The normalized spacial score (nSPS) is 12.0. The molecule has 2 heterocycles. The van der Waals surface area contributed by atoms with Gasteiger partial charge in [0, 0.05) is 11.8 Å². The van der Waals surface area contributed by atoms with Gasteiger partial charge in [0.15, 0.2) is 0 Å². The van der Waals surface area contributed by atoms with Gasteiger partial charge in [-0.1, -0.05) is 26.0 Å². The zero-order valence-corrected chi connectivity index (χ0v) is 14.8. The number of hydrogen-bond acceptors (Lipinski definition) is 2. The van der Waals surface area contributed by atoms with Crippen LogP contribution in [0, 0.1) is 6.92 Å². The number of aryl methyl sites for hydroxylation is 1. The molecule has 0 saturated heterocycles. The van der Waals surface area contributed by atoms with Gasteiger partial charge in [-0.2, -0.15) is 0 Å². The predicted molar refractivity (Wildman–Crippen MR) is 98.3 cm³/mol. The molecule has 0 fully saturated rings. The zero-order chi connectivity index (χ0) is 16.6. The van der Waals surface area contributed by atoms with Crippen molar-refractivity contribution in [3.05, 3.63) is 59.4 Å². The van der Waals surface area contributed by atoms with Crippen molar-refractivity contribution in [2.24, 2.45) is 0 Å². The van der Waals surface area contributed by atoms with Crippen LogP contribution in [0.3, 0.4) is 0 Å². The van der Waals surface area contributed by atoms with Crippen LogP contribution in [0.25, 0.3) is 16.9 Å². The molecule has 0 aliphatic rings. The fourth-order valence-corrected chi connectivity index (χ4v) is 2.91. The lowest BCUT2D eigenvalue weighted by Crippen LogP contribution is -2.00. The standard InChI is InChI=1S/C19H20N2O2.ClH/c1-4-12(2)15-6-5-9-21-17(11-20-18(15)21)14-7-8-16(19(22)23)13(3)10-14;/h5-12H,4H2,1-3H3,(H,22,23);1H. The molecule has 0 spiro atoms. The Kier molecular flexibility index (Phi) is 5.30. The van der Waals surface area contributed by atoms with E-state index in [0.29, 0.717) is 11.5 Å². The Balaban J connectivity index is 0.00000208. The first-order chi connectivity index (χ1) is 11.0. The minimum Gasteiger partial charge on any atom is -0.478 e. The van der Waals surface area contributed by atoms with Gasteiger partial charge in [-0.25, -0.2) is 9.78 Å². The number of nitrogens with zero attached hydrogens (tertiary/aromatic N) is 2.